The van der Waals surface area contributed by atoms with E-state index in [9.17, 15) is 18.9 Å². The van der Waals surface area contributed by atoms with Crippen molar-refractivity contribution >= 4 is 11.4 Å². The lowest BCUT2D eigenvalue weighted by atomic mass is 10.1. The summed E-state index contributed by atoms with van der Waals surface area (Å²) in [4.78, 5) is 9.88. The molecule has 1 aromatic carbocycles. The molecule has 0 radical (unpaired) electrons. The zero-order chi connectivity index (χ0) is 15.1. The van der Waals surface area contributed by atoms with Gasteiger partial charge in [0.25, 0.3) is 12.1 Å². The van der Waals surface area contributed by atoms with E-state index in [0.717, 1.165) is 12.1 Å². The van der Waals surface area contributed by atoms with Gasteiger partial charge in [-0.3, -0.25) is 10.1 Å². The second-order valence-corrected chi connectivity index (χ2v) is 4.14. The van der Waals surface area contributed by atoms with Gasteiger partial charge in [0.1, 0.15) is 0 Å². The first-order chi connectivity index (χ1) is 9.49. The number of nitrogens with one attached hydrogen (secondary N) is 1. The zero-order valence-electron chi connectivity index (χ0n) is 10.9. The number of anilines is 1. The van der Waals surface area contributed by atoms with Crippen LogP contribution in [0.4, 0.5) is 20.2 Å². The molecule has 0 spiro atoms. The summed E-state index contributed by atoms with van der Waals surface area (Å²) in [6.45, 7) is 0.0955. The van der Waals surface area contributed by atoms with Crippen molar-refractivity contribution in [2.24, 2.45) is 0 Å². The summed E-state index contributed by atoms with van der Waals surface area (Å²) in [5.41, 5.74) is -0.740. The van der Waals surface area contributed by atoms with Crippen LogP contribution >= 0.6 is 0 Å². The highest BCUT2D eigenvalue weighted by Gasteiger charge is 2.19. The minimum atomic E-state index is -2.84. The summed E-state index contributed by atoms with van der Waals surface area (Å²) in [5, 5.41) is 22.3. The number of alkyl halides is 2. The Balaban J connectivity index is 3.00. The van der Waals surface area contributed by atoms with E-state index in [1.54, 1.807) is 0 Å². The molecule has 0 bridgehead atoms. The lowest BCUT2D eigenvalue weighted by Gasteiger charge is -2.20. The third-order valence-electron chi connectivity index (χ3n) is 2.69. The van der Waals surface area contributed by atoms with E-state index >= 15 is 0 Å². The molecule has 2 N–H and O–H groups in total. The van der Waals surface area contributed by atoms with Crippen molar-refractivity contribution < 1.29 is 23.5 Å². The van der Waals surface area contributed by atoms with E-state index in [4.69, 9.17) is 9.84 Å². The number of aliphatic hydroxyl groups is 1. The summed E-state index contributed by atoms with van der Waals surface area (Å²) >= 11 is 0. The normalized spacial score (nSPS) is 12.4. The molecule has 0 saturated heterocycles. The zero-order valence-corrected chi connectivity index (χ0v) is 10.9. The first-order valence-corrected chi connectivity index (χ1v) is 5.92. The lowest BCUT2D eigenvalue weighted by molar-refractivity contribution is -0.385. The van der Waals surface area contributed by atoms with E-state index < -0.39 is 22.6 Å². The van der Waals surface area contributed by atoms with Gasteiger partial charge in [0, 0.05) is 37.1 Å². The number of ether oxygens (including phenoxy) is 1. The van der Waals surface area contributed by atoms with E-state index in [-0.39, 0.29) is 24.9 Å². The number of methoxy groups -OCH3 is 1. The highest BCUT2D eigenvalue weighted by atomic mass is 19.3. The smallest absolute Gasteiger partial charge is 0.270 e. The van der Waals surface area contributed by atoms with Crippen LogP contribution in [0.2, 0.25) is 0 Å². The summed E-state index contributed by atoms with van der Waals surface area (Å²) < 4.78 is 30.8. The number of non-ortho nitro benzene ring substituents is 1. The van der Waals surface area contributed by atoms with Crippen LogP contribution < -0.4 is 5.32 Å². The molecule has 1 aromatic rings. The maximum atomic E-state index is 12.9. The van der Waals surface area contributed by atoms with Crippen LogP contribution in [-0.2, 0) is 4.74 Å². The number of nitro benzene ring substituents is 1. The van der Waals surface area contributed by atoms with Crippen LogP contribution in [-0.4, -0.2) is 36.4 Å². The second kappa shape index (κ2) is 7.71. The molecule has 0 heterocycles. The van der Waals surface area contributed by atoms with Gasteiger partial charge in [-0.2, -0.15) is 0 Å². The van der Waals surface area contributed by atoms with Gasteiger partial charge < -0.3 is 15.2 Å². The number of benzene rings is 1. The molecule has 1 rings (SSSR count). The minimum Gasteiger partial charge on any atom is -0.396 e. The van der Waals surface area contributed by atoms with Gasteiger partial charge in [-0.25, -0.2) is 8.78 Å². The van der Waals surface area contributed by atoms with Gasteiger partial charge in [-0.15, -0.1) is 0 Å². The fourth-order valence-electron chi connectivity index (χ4n) is 1.75. The average Bonchev–Trinajstić information content (AvgIpc) is 2.39. The van der Waals surface area contributed by atoms with Gasteiger partial charge in [-0.1, -0.05) is 0 Å². The Morgan fingerprint density at radius 3 is 2.70 bits per heavy atom. The van der Waals surface area contributed by atoms with Crippen LogP contribution in [0.3, 0.4) is 0 Å². The van der Waals surface area contributed by atoms with E-state index in [0.29, 0.717) is 6.42 Å². The molecule has 0 aliphatic rings. The Morgan fingerprint density at radius 1 is 1.50 bits per heavy atom. The standard InChI is InChI=1S/C12H16F2N2O4/c1-20-7-8(4-5-17)15-11-3-2-9(16(18)19)6-10(11)12(13)14/h2-3,6,8,12,15,17H,4-5,7H2,1H3. The van der Waals surface area contributed by atoms with Crippen molar-refractivity contribution in [3.05, 3.63) is 33.9 Å². The predicted molar refractivity (Wildman–Crippen MR) is 69.0 cm³/mol. The molecule has 6 nitrogen and oxygen atoms in total. The lowest BCUT2D eigenvalue weighted by Crippen LogP contribution is -2.26. The molecule has 112 valence electrons. The molecular weight excluding hydrogens is 274 g/mol. The molecule has 1 unspecified atom stereocenters. The van der Waals surface area contributed by atoms with Crippen molar-refractivity contribution in [3.63, 3.8) is 0 Å². The number of halogens is 2. The Hall–Kier alpha value is -1.80. The number of aliphatic hydroxyl groups excluding tert-OH is 1. The fourth-order valence-corrected chi connectivity index (χ4v) is 1.75. The number of hydrogen-bond donors (Lipinski definition) is 2. The van der Waals surface area contributed by atoms with Crippen molar-refractivity contribution in [1.29, 1.82) is 0 Å². The Kier molecular flexibility index (Phi) is 6.26. The third kappa shape index (κ3) is 4.39. The summed E-state index contributed by atoms with van der Waals surface area (Å²) in [6.07, 6.45) is -2.53. The molecule has 0 fully saturated rings. The third-order valence-corrected chi connectivity index (χ3v) is 2.69. The summed E-state index contributed by atoms with van der Waals surface area (Å²) in [7, 11) is 1.45. The van der Waals surface area contributed by atoms with Gasteiger partial charge in [0.05, 0.1) is 17.6 Å². The summed E-state index contributed by atoms with van der Waals surface area (Å²) in [5.74, 6) is 0. The molecule has 20 heavy (non-hydrogen) atoms. The number of rotatable bonds is 8. The maximum absolute atomic E-state index is 12.9. The SMILES string of the molecule is COCC(CCO)Nc1ccc([N+](=O)[O-])cc1C(F)F. The molecule has 8 heteroatoms. The maximum Gasteiger partial charge on any atom is 0.270 e. The predicted octanol–water partition coefficient (Wildman–Crippen LogP) is 2.34. The largest absolute Gasteiger partial charge is 0.396 e. The monoisotopic (exact) mass is 290 g/mol. The van der Waals surface area contributed by atoms with Crippen molar-refractivity contribution in [1.82, 2.24) is 0 Å². The molecular formula is C12H16F2N2O4. The highest BCUT2D eigenvalue weighted by molar-refractivity contribution is 5.57. The minimum absolute atomic E-state index is 0.0982. The van der Waals surface area contributed by atoms with Crippen LogP contribution in [0.25, 0.3) is 0 Å². The number of nitrogens with zero attached hydrogens (tertiary/aromatic N) is 1. The van der Waals surface area contributed by atoms with Crippen molar-refractivity contribution in [3.8, 4) is 0 Å². The van der Waals surface area contributed by atoms with Crippen molar-refractivity contribution in [2.45, 2.75) is 18.9 Å². The van der Waals surface area contributed by atoms with Crippen molar-refractivity contribution in [2.75, 3.05) is 25.6 Å². The Bertz CT molecular complexity index is 451. The molecule has 0 aromatic heterocycles. The first kappa shape index (κ1) is 16.3. The number of nitro groups is 1. The van der Waals surface area contributed by atoms with E-state index in [1.165, 1.54) is 13.2 Å². The molecule has 0 aliphatic heterocycles. The Labute approximate surface area is 114 Å². The van der Waals surface area contributed by atoms with Crippen LogP contribution in [0.1, 0.15) is 18.4 Å². The van der Waals surface area contributed by atoms with Gasteiger partial charge in [0.15, 0.2) is 0 Å². The van der Waals surface area contributed by atoms with Crippen LogP contribution in [0, 0.1) is 10.1 Å². The fraction of sp³-hybridized carbons (Fsp3) is 0.500. The molecule has 0 saturated carbocycles. The molecule has 1 atom stereocenters. The molecule has 0 amide bonds. The van der Waals surface area contributed by atoms with Gasteiger partial charge >= 0.3 is 0 Å². The van der Waals surface area contributed by atoms with Crippen LogP contribution in [0.15, 0.2) is 18.2 Å². The van der Waals surface area contributed by atoms with Crippen LogP contribution in [0.5, 0.6) is 0 Å². The quantitative estimate of drug-likeness (QED) is 0.567. The molecule has 0 aliphatic carbocycles. The van der Waals surface area contributed by atoms with Gasteiger partial charge in [-0.05, 0) is 12.5 Å². The van der Waals surface area contributed by atoms with Gasteiger partial charge in [0.2, 0.25) is 0 Å². The Morgan fingerprint density at radius 2 is 2.20 bits per heavy atom. The second-order valence-electron chi connectivity index (χ2n) is 4.14. The topological polar surface area (TPSA) is 84.6 Å². The first-order valence-electron chi connectivity index (χ1n) is 5.92. The van der Waals surface area contributed by atoms with E-state index in [1.807, 2.05) is 0 Å². The summed E-state index contributed by atoms with van der Waals surface area (Å²) in [6, 6.07) is 2.87. The van der Waals surface area contributed by atoms with E-state index in [2.05, 4.69) is 5.32 Å². The number of hydrogen-bond acceptors (Lipinski definition) is 5. The average molecular weight is 290 g/mol. The highest BCUT2D eigenvalue weighted by Crippen LogP contribution is 2.31.